The Hall–Kier alpha value is -0.820. The Balaban J connectivity index is 2.19. The average Bonchev–Trinajstić information content (AvgIpc) is 2.46. The van der Waals surface area contributed by atoms with E-state index < -0.39 is 0 Å². The van der Waals surface area contributed by atoms with Gasteiger partial charge in [0.1, 0.15) is 0 Å². The molecule has 0 heterocycles. The monoisotopic (exact) mass is 287 g/mol. The molecule has 1 saturated carbocycles. The second-order valence-electron chi connectivity index (χ2n) is 7.30. The topological polar surface area (TPSA) is 12.0 Å². The Morgan fingerprint density at radius 1 is 1.10 bits per heavy atom. The van der Waals surface area contributed by atoms with Gasteiger partial charge in [-0.15, -0.1) is 0 Å². The van der Waals surface area contributed by atoms with Crippen molar-refractivity contribution in [3.63, 3.8) is 0 Å². The van der Waals surface area contributed by atoms with Gasteiger partial charge in [0, 0.05) is 6.04 Å². The van der Waals surface area contributed by atoms with Gasteiger partial charge in [-0.3, -0.25) is 0 Å². The van der Waals surface area contributed by atoms with E-state index in [1.54, 1.807) is 0 Å². The minimum Gasteiger partial charge on any atom is -0.310 e. The molecule has 0 amide bonds. The van der Waals surface area contributed by atoms with Crippen LogP contribution in [-0.4, -0.2) is 6.54 Å². The second kappa shape index (κ2) is 7.45. The summed E-state index contributed by atoms with van der Waals surface area (Å²) in [7, 11) is 0. The molecule has 21 heavy (non-hydrogen) atoms. The molecule has 4 unspecified atom stereocenters. The van der Waals surface area contributed by atoms with Crippen LogP contribution in [0.25, 0.3) is 0 Å². The van der Waals surface area contributed by atoms with Gasteiger partial charge in [0.15, 0.2) is 0 Å². The molecule has 1 nitrogen and oxygen atoms in total. The van der Waals surface area contributed by atoms with Crippen LogP contribution in [0, 0.1) is 31.6 Å². The third-order valence-electron chi connectivity index (χ3n) is 5.61. The molecular formula is C20H33N. The quantitative estimate of drug-likeness (QED) is 0.763. The molecule has 0 bridgehead atoms. The molecule has 0 spiro atoms. The van der Waals surface area contributed by atoms with E-state index >= 15 is 0 Å². The smallest absolute Gasteiger partial charge is 0.0348 e. The fourth-order valence-electron chi connectivity index (χ4n) is 3.71. The number of aryl methyl sites for hydroxylation is 2. The van der Waals surface area contributed by atoms with Gasteiger partial charge in [0.2, 0.25) is 0 Å². The molecule has 0 aliphatic heterocycles. The lowest BCUT2D eigenvalue weighted by molar-refractivity contribution is 0.171. The first kappa shape index (κ1) is 16.5. The van der Waals surface area contributed by atoms with Gasteiger partial charge in [-0.1, -0.05) is 45.4 Å². The highest BCUT2D eigenvalue weighted by Crippen LogP contribution is 2.40. The zero-order valence-corrected chi connectivity index (χ0v) is 14.6. The summed E-state index contributed by atoms with van der Waals surface area (Å²) in [6.45, 7) is 12.7. The van der Waals surface area contributed by atoms with Crippen LogP contribution in [0.5, 0.6) is 0 Å². The lowest BCUT2D eigenvalue weighted by Gasteiger charge is -2.37. The van der Waals surface area contributed by atoms with Crippen molar-refractivity contribution in [2.45, 2.75) is 66.3 Å². The van der Waals surface area contributed by atoms with E-state index in [4.69, 9.17) is 0 Å². The van der Waals surface area contributed by atoms with Gasteiger partial charge >= 0.3 is 0 Å². The highest BCUT2D eigenvalue weighted by molar-refractivity contribution is 5.32. The minimum atomic E-state index is 0.541. The zero-order valence-electron chi connectivity index (χ0n) is 14.6. The molecule has 1 aromatic carbocycles. The third kappa shape index (κ3) is 4.10. The predicted molar refractivity (Wildman–Crippen MR) is 92.6 cm³/mol. The van der Waals surface area contributed by atoms with E-state index in [2.05, 4.69) is 58.1 Å². The number of hydrogen-bond donors (Lipinski definition) is 1. The summed E-state index contributed by atoms with van der Waals surface area (Å²) >= 11 is 0. The first-order chi connectivity index (χ1) is 10.0. The summed E-state index contributed by atoms with van der Waals surface area (Å²) in [6, 6.07) is 7.59. The molecule has 0 radical (unpaired) electrons. The first-order valence-electron chi connectivity index (χ1n) is 8.83. The third-order valence-corrected chi connectivity index (χ3v) is 5.61. The standard InChI is InChI=1S/C20H33N/c1-6-11-21-20(18-9-7-14(2)16(4)12-18)19-10-8-15(3)17(5)13-19/h7,9,12,15,17,19-21H,6,8,10-11,13H2,1-5H3. The van der Waals surface area contributed by atoms with Crippen LogP contribution >= 0.6 is 0 Å². The number of hydrogen-bond acceptors (Lipinski definition) is 1. The van der Waals surface area contributed by atoms with E-state index in [0.29, 0.717) is 6.04 Å². The minimum absolute atomic E-state index is 0.541. The molecular weight excluding hydrogens is 254 g/mol. The van der Waals surface area contributed by atoms with E-state index in [1.807, 2.05) is 0 Å². The second-order valence-corrected chi connectivity index (χ2v) is 7.30. The van der Waals surface area contributed by atoms with Gasteiger partial charge in [-0.2, -0.15) is 0 Å². The number of nitrogens with one attached hydrogen (secondary N) is 1. The van der Waals surface area contributed by atoms with E-state index in [1.165, 1.54) is 42.4 Å². The Kier molecular flexibility index (Phi) is 5.87. The van der Waals surface area contributed by atoms with Gasteiger partial charge in [0.05, 0.1) is 0 Å². The maximum absolute atomic E-state index is 3.84. The summed E-state index contributed by atoms with van der Waals surface area (Å²) in [5.41, 5.74) is 4.32. The fourth-order valence-corrected chi connectivity index (χ4v) is 3.71. The summed E-state index contributed by atoms with van der Waals surface area (Å²) < 4.78 is 0. The van der Waals surface area contributed by atoms with Gasteiger partial charge in [-0.05, 0) is 74.1 Å². The molecule has 0 aromatic heterocycles. The lowest BCUT2D eigenvalue weighted by atomic mass is 9.72. The van der Waals surface area contributed by atoms with Crippen LogP contribution in [-0.2, 0) is 0 Å². The van der Waals surface area contributed by atoms with Crippen molar-refractivity contribution >= 4 is 0 Å². The van der Waals surface area contributed by atoms with Crippen molar-refractivity contribution < 1.29 is 0 Å². The van der Waals surface area contributed by atoms with Gasteiger partial charge < -0.3 is 5.32 Å². The Labute approximate surface area is 131 Å². The number of benzene rings is 1. The van der Waals surface area contributed by atoms with Crippen molar-refractivity contribution in [1.82, 2.24) is 5.32 Å². The molecule has 4 atom stereocenters. The molecule has 1 aliphatic rings. The SMILES string of the molecule is CCCNC(c1ccc(C)c(C)c1)C1CCC(C)C(C)C1. The van der Waals surface area contributed by atoms with E-state index in [9.17, 15) is 0 Å². The predicted octanol–water partition coefficient (Wildman–Crippen LogP) is 5.42. The molecule has 0 saturated heterocycles. The molecule has 1 heteroatoms. The van der Waals surface area contributed by atoms with Gasteiger partial charge in [-0.25, -0.2) is 0 Å². The van der Waals surface area contributed by atoms with Crippen LogP contribution in [0.2, 0.25) is 0 Å². The van der Waals surface area contributed by atoms with Crippen LogP contribution in [0.3, 0.4) is 0 Å². The van der Waals surface area contributed by atoms with Crippen molar-refractivity contribution in [3.05, 3.63) is 34.9 Å². The van der Waals surface area contributed by atoms with Crippen LogP contribution in [0.15, 0.2) is 18.2 Å². The van der Waals surface area contributed by atoms with E-state index in [0.717, 1.165) is 24.3 Å². The Morgan fingerprint density at radius 3 is 2.48 bits per heavy atom. The van der Waals surface area contributed by atoms with Crippen molar-refractivity contribution in [2.75, 3.05) is 6.54 Å². The molecule has 1 aliphatic carbocycles. The van der Waals surface area contributed by atoms with Crippen LogP contribution < -0.4 is 5.32 Å². The largest absolute Gasteiger partial charge is 0.310 e. The van der Waals surface area contributed by atoms with Gasteiger partial charge in [0.25, 0.3) is 0 Å². The zero-order chi connectivity index (χ0) is 15.4. The van der Waals surface area contributed by atoms with Crippen molar-refractivity contribution in [3.8, 4) is 0 Å². The highest BCUT2D eigenvalue weighted by Gasteiger charge is 2.30. The normalized spacial score (nSPS) is 27.6. The van der Waals surface area contributed by atoms with Crippen molar-refractivity contribution in [2.24, 2.45) is 17.8 Å². The summed E-state index contributed by atoms with van der Waals surface area (Å²) in [5, 5.41) is 3.84. The maximum atomic E-state index is 3.84. The van der Waals surface area contributed by atoms with Crippen LogP contribution in [0.4, 0.5) is 0 Å². The summed E-state index contributed by atoms with van der Waals surface area (Å²) in [5.74, 6) is 2.55. The van der Waals surface area contributed by atoms with Crippen LogP contribution in [0.1, 0.15) is 69.2 Å². The molecule has 118 valence electrons. The lowest BCUT2D eigenvalue weighted by Crippen LogP contribution is -2.33. The highest BCUT2D eigenvalue weighted by atomic mass is 14.9. The molecule has 2 rings (SSSR count). The molecule has 1 aromatic rings. The average molecular weight is 287 g/mol. The first-order valence-corrected chi connectivity index (χ1v) is 8.83. The van der Waals surface area contributed by atoms with Crippen molar-refractivity contribution in [1.29, 1.82) is 0 Å². The Bertz CT molecular complexity index is 451. The molecule has 1 fully saturated rings. The summed E-state index contributed by atoms with van der Waals surface area (Å²) in [4.78, 5) is 0. The fraction of sp³-hybridized carbons (Fsp3) is 0.700. The number of rotatable bonds is 5. The Morgan fingerprint density at radius 2 is 1.86 bits per heavy atom. The summed E-state index contributed by atoms with van der Waals surface area (Å²) in [6.07, 6.45) is 5.34. The molecule has 1 N–H and O–H groups in total. The maximum Gasteiger partial charge on any atom is 0.0348 e. The van der Waals surface area contributed by atoms with E-state index in [-0.39, 0.29) is 0 Å².